The zero-order chi connectivity index (χ0) is 20.4. The van der Waals surface area contributed by atoms with E-state index in [1.165, 1.54) is 0 Å². The number of ether oxygens (including phenoxy) is 1. The van der Waals surface area contributed by atoms with Gasteiger partial charge in [0.05, 0.1) is 12.3 Å². The van der Waals surface area contributed by atoms with E-state index in [1.807, 2.05) is 69.3 Å². The second-order valence-electron chi connectivity index (χ2n) is 7.22. The van der Waals surface area contributed by atoms with Crippen molar-refractivity contribution in [1.82, 2.24) is 10.1 Å². The highest BCUT2D eigenvalue weighted by atomic mass is 16.5. The Bertz CT molecular complexity index is 1010. The molecular weight excluding hydrogens is 368 g/mol. The second kappa shape index (κ2) is 7.95. The maximum absolute atomic E-state index is 13.3. The van der Waals surface area contributed by atoms with Crippen LogP contribution < -0.4 is 15.0 Å². The lowest BCUT2D eigenvalue weighted by Crippen LogP contribution is -2.36. The average Bonchev–Trinajstić information content (AvgIpc) is 3.34. The van der Waals surface area contributed by atoms with Gasteiger partial charge in [-0.15, -0.1) is 0 Å². The van der Waals surface area contributed by atoms with Gasteiger partial charge in [0, 0.05) is 18.0 Å². The zero-order valence-corrected chi connectivity index (χ0v) is 16.8. The highest BCUT2D eigenvalue weighted by molar-refractivity contribution is 6.04. The van der Waals surface area contributed by atoms with E-state index in [1.54, 1.807) is 4.90 Å². The van der Waals surface area contributed by atoms with E-state index in [0.29, 0.717) is 36.2 Å². The van der Waals surface area contributed by atoms with Crippen LogP contribution in [0.3, 0.4) is 0 Å². The molecule has 0 fully saturated rings. The third-order valence-corrected chi connectivity index (χ3v) is 4.87. The van der Waals surface area contributed by atoms with Crippen LogP contribution in [0.5, 0.6) is 5.75 Å². The number of carbonyl (C=O) groups is 1. The number of nitrogens with one attached hydrogen (secondary N) is 1. The van der Waals surface area contributed by atoms with Gasteiger partial charge in [0.25, 0.3) is 0 Å². The van der Waals surface area contributed by atoms with Gasteiger partial charge >= 0.3 is 6.03 Å². The zero-order valence-electron chi connectivity index (χ0n) is 16.8. The summed E-state index contributed by atoms with van der Waals surface area (Å²) in [5.41, 5.74) is 2.54. The largest absolute Gasteiger partial charge is 0.492 e. The number of carbonyl (C=O) groups excluding carboxylic acids is 1. The Morgan fingerprint density at radius 3 is 2.76 bits per heavy atom. The van der Waals surface area contributed by atoms with Crippen molar-refractivity contribution in [2.24, 2.45) is 0 Å². The van der Waals surface area contributed by atoms with Crippen LogP contribution in [0.1, 0.15) is 50.0 Å². The van der Waals surface area contributed by atoms with Crippen molar-refractivity contribution >= 4 is 17.4 Å². The third kappa shape index (κ3) is 3.68. The maximum Gasteiger partial charge on any atom is 0.327 e. The standard InChI is InChI=1S/C22H24N4O3/c1-4-28-19-12-8-6-10-16(19)23-22(27)26-17-11-7-5-9-15(17)13-18(26)20-24-21(14(2)3)29-25-20/h5-12,14,18H,4,13H2,1-3H3,(H,23,27). The molecule has 0 saturated heterocycles. The molecule has 3 aromatic rings. The summed E-state index contributed by atoms with van der Waals surface area (Å²) < 4.78 is 11.0. The van der Waals surface area contributed by atoms with E-state index in [2.05, 4.69) is 15.5 Å². The van der Waals surface area contributed by atoms with E-state index in [4.69, 9.17) is 9.26 Å². The molecule has 1 atom stereocenters. The Morgan fingerprint density at radius 1 is 1.24 bits per heavy atom. The van der Waals surface area contributed by atoms with Crippen molar-refractivity contribution < 1.29 is 14.1 Å². The molecule has 2 heterocycles. The first-order valence-electron chi connectivity index (χ1n) is 9.82. The summed E-state index contributed by atoms with van der Waals surface area (Å²) in [6.07, 6.45) is 0.633. The van der Waals surface area contributed by atoms with Gasteiger partial charge in [0.15, 0.2) is 5.82 Å². The molecule has 1 N–H and O–H groups in total. The Morgan fingerprint density at radius 2 is 2.00 bits per heavy atom. The van der Waals surface area contributed by atoms with Gasteiger partial charge in [0.2, 0.25) is 5.89 Å². The summed E-state index contributed by atoms with van der Waals surface area (Å²) in [4.78, 5) is 19.6. The maximum atomic E-state index is 13.3. The molecule has 29 heavy (non-hydrogen) atoms. The molecule has 1 aromatic heterocycles. The number of aromatic nitrogens is 2. The predicted octanol–water partition coefficient (Wildman–Crippen LogP) is 4.93. The fourth-order valence-corrected chi connectivity index (χ4v) is 3.49. The topological polar surface area (TPSA) is 80.5 Å². The number of para-hydroxylation sites is 3. The van der Waals surface area contributed by atoms with Crippen molar-refractivity contribution in [2.45, 2.75) is 39.2 Å². The Hall–Kier alpha value is -3.35. The van der Waals surface area contributed by atoms with Crippen molar-refractivity contribution in [2.75, 3.05) is 16.8 Å². The molecular formula is C22H24N4O3. The van der Waals surface area contributed by atoms with Crippen LogP contribution in [0.15, 0.2) is 53.1 Å². The Kier molecular flexibility index (Phi) is 5.20. The molecule has 2 amide bonds. The molecule has 0 spiro atoms. The molecule has 0 aliphatic carbocycles. The summed E-state index contributed by atoms with van der Waals surface area (Å²) in [6, 6.07) is 14.7. The summed E-state index contributed by atoms with van der Waals surface area (Å²) in [6.45, 7) is 6.42. The number of benzene rings is 2. The minimum atomic E-state index is -0.331. The van der Waals surface area contributed by atoms with E-state index < -0.39 is 0 Å². The fraction of sp³-hybridized carbons (Fsp3) is 0.318. The van der Waals surface area contributed by atoms with Crippen LogP contribution in [0, 0.1) is 0 Å². The SMILES string of the molecule is CCOc1ccccc1NC(=O)N1c2ccccc2CC1c1noc(C(C)C)n1. The smallest absolute Gasteiger partial charge is 0.327 e. The van der Waals surface area contributed by atoms with Gasteiger partial charge in [-0.3, -0.25) is 4.90 Å². The average molecular weight is 392 g/mol. The van der Waals surface area contributed by atoms with Gasteiger partial charge in [-0.2, -0.15) is 4.98 Å². The molecule has 4 rings (SSSR count). The summed E-state index contributed by atoms with van der Waals surface area (Å²) >= 11 is 0. The van der Waals surface area contributed by atoms with Crippen LogP contribution in [0.2, 0.25) is 0 Å². The second-order valence-corrected chi connectivity index (χ2v) is 7.22. The van der Waals surface area contributed by atoms with Gasteiger partial charge in [-0.05, 0) is 30.7 Å². The first kappa shape index (κ1) is 19.0. The Balaban J connectivity index is 1.67. The van der Waals surface area contributed by atoms with E-state index in [9.17, 15) is 4.79 Å². The lowest BCUT2D eigenvalue weighted by molar-refractivity contribution is 0.254. The molecule has 7 nitrogen and oxygen atoms in total. The van der Waals surface area contributed by atoms with Gasteiger partial charge in [0.1, 0.15) is 11.8 Å². The van der Waals surface area contributed by atoms with Crippen molar-refractivity contribution in [3.63, 3.8) is 0 Å². The predicted molar refractivity (Wildman–Crippen MR) is 110 cm³/mol. The van der Waals surface area contributed by atoms with Crippen molar-refractivity contribution in [3.05, 3.63) is 65.8 Å². The van der Waals surface area contributed by atoms with Crippen LogP contribution in [0.25, 0.3) is 0 Å². The van der Waals surface area contributed by atoms with E-state index >= 15 is 0 Å². The van der Waals surface area contributed by atoms with Crippen LogP contribution >= 0.6 is 0 Å². The van der Waals surface area contributed by atoms with Gasteiger partial charge in [-0.25, -0.2) is 4.79 Å². The number of amides is 2. The van der Waals surface area contributed by atoms with Crippen LogP contribution in [-0.4, -0.2) is 22.8 Å². The number of rotatable bonds is 5. The van der Waals surface area contributed by atoms with Gasteiger partial charge < -0.3 is 14.6 Å². The monoisotopic (exact) mass is 392 g/mol. The highest BCUT2D eigenvalue weighted by Gasteiger charge is 2.38. The molecule has 0 bridgehead atoms. The fourth-order valence-electron chi connectivity index (χ4n) is 3.49. The number of hydrogen-bond donors (Lipinski definition) is 1. The Labute approximate surface area is 169 Å². The molecule has 2 aromatic carbocycles. The lowest BCUT2D eigenvalue weighted by atomic mass is 10.1. The molecule has 1 unspecified atom stereocenters. The van der Waals surface area contributed by atoms with Crippen LogP contribution in [0.4, 0.5) is 16.2 Å². The minimum Gasteiger partial charge on any atom is -0.492 e. The summed E-state index contributed by atoms with van der Waals surface area (Å²) in [5, 5.41) is 7.14. The van der Waals surface area contributed by atoms with Crippen molar-refractivity contribution in [3.8, 4) is 5.75 Å². The summed E-state index contributed by atoms with van der Waals surface area (Å²) in [7, 11) is 0. The lowest BCUT2D eigenvalue weighted by Gasteiger charge is -2.24. The molecule has 7 heteroatoms. The molecule has 1 aliphatic heterocycles. The number of anilines is 2. The normalized spacial score (nSPS) is 15.4. The van der Waals surface area contributed by atoms with E-state index in [-0.39, 0.29) is 18.0 Å². The summed E-state index contributed by atoms with van der Waals surface area (Å²) in [5.74, 6) is 1.84. The van der Waals surface area contributed by atoms with Crippen molar-refractivity contribution in [1.29, 1.82) is 0 Å². The third-order valence-electron chi connectivity index (χ3n) is 4.87. The number of nitrogens with zero attached hydrogens (tertiary/aromatic N) is 3. The van der Waals surface area contributed by atoms with Gasteiger partial charge in [-0.1, -0.05) is 49.3 Å². The highest BCUT2D eigenvalue weighted by Crippen LogP contribution is 2.40. The molecule has 1 aliphatic rings. The first-order valence-corrected chi connectivity index (χ1v) is 9.82. The molecule has 150 valence electrons. The van der Waals surface area contributed by atoms with E-state index in [0.717, 1.165) is 11.3 Å². The van der Waals surface area contributed by atoms with Crippen LogP contribution in [-0.2, 0) is 6.42 Å². The molecule has 0 saturated carbocycles. The number of fused-ring (bicyclic) bond motifs is 1. The molecule has 0 radical (unpaired) electrons. The minimum absolute atomic E-state index is 0.125. The number of urea groups is 1. The number of hydrogen-bond acceptors (Lipinski definition) is 5. The quantitative estimate of drug-likeness (QED) is 0.666. The first-order chi connectivity index (χ1) is 14.1.